The molecule has 1 aromatic carbocycles. The van der Waals surface area contributed by atoms with Crippen LogP contribution in [0, 0.1) is 6.92 Å². The second-order valence-electron chi connectivity index (χ2n) is 4.33. The van der Waals surface area contributed by atoms with E-state index < -0.39 is 0 Å². The number of pyridine rings is 1. The van der Waals surface area contributed by atoms with Crippen molar-refractivity contribution in [3.8, 4) is 11.5 Å². The Labute approximate surface area is 122 Å². The van der Waals surface area contributed by atoms with E-state index in [0.29, 0.717) is 0 Å². The Morgan fingerprint density at radius 3 is 2.84 bits per heavy atom. The molecule has 0 unspecified atom stereocenters. The van der Waals surface area contributed by atoms with Crippen molar-refractivity contribution in [2.24, 2.45) is 0 Å². The maximum Gasteiger partial charge on any atom is 0.146 e. The summed E-state index contributed by atoms with van der Waals surface area (Å²) in [6, 6.07) is 8.10. The summed E-state index contributed by atoms with van der Waals surface area (Å²) in [6.45, 7) is 5.91. The average Bonchev–Trinajstić information content (AvgIpc) is 2.39. The molecule has 0 radical (unpaired) electrons. The van der Waals surface area contributed by atoms with E-state index in [1.165, 1.54) is 5.56 Å². The van der Waals surface area contributed by atoms with E-state index in [9.17, 15) is 0 Å². The fourth-order valence-corrected chi connectivity index (χ4v) is 2.12. The molecule has 2 rings (SSSR count). The number of aryl methyl sites for hydroxylation is 1. The molecule has 100 valence electrons. The summed E-state index contributed by atoms with van der Waals surface area (Å²) in [5.74, 6) is 1.60. The molecule has 0 saturated carbocycles. The highest BCUT2D eigenvalue weighted by Crippen LogP contribution is 2.27. The van der Waals surface area contributed by atoms with Crippen molar-refractivity contribution >= 4 is 15.9 Å². The van der Waals surface area contributed by atoms with Crippen LogP contribution in [0.25, 0.3) is 0 Å². The Balaban J connectivity index is 2.23. The van der Waals surface area contributed by atoms with Gasteiger partial charge in [-0.25, -0.2) is 0 Å². The summed E-state index contributed by atoms with van der Waals surface area (Å²) in [7, 11) is 0. The third-order valence-electron chi connectivity index (χ3n) is 2.69. The normalized spacial score (nSPS) is 10.5. The minimum absolute atomic E-state index is 0.732. The molecule has 0 aliphatic carbocycles. The first-order valence-corrected chi connectivity index (χ1v) is 7.07. The lowest BCUT2D eigenvalue weighted by Crippen LogP contribution is -2.12. The molecular weight excluding hydrogens is 304 g/mol. The summed E-state index contributed by atoms with van der Waals surface area (Å²) in [4.78, 5) is 4.10. The molecule has 0 saturated heterocycles. The van der Waals surface area contributed by atoms with Gasteiger partial charge in [-0.15, -0.1) is 0 Å². The van der Waals surface area contributed by atoms with Gasteiger partial charge in [0.05, 0.1) is 6.20 Å². The third kappa shape index (κ3) is 4.04. The molecule has 4 heteroatoms. The van der Waals surface area contributed by atoms with Gasteiger partial charge in [0.1, 0.15) is 11.5 Å². The van der Waals surface area contributed by atoms with Gasteiger partial charge in [0.15, 0.2) is 0 Å². The van der Waals surface area contributed by atoms with Crippen LogP contribution < -0.4 is 10.1 Å². The van der Waals surface area contributed by atoms with Gasteiger partial charge in [0.25, 0.3) is 0 Å². The van der Waals surface area contributed by atoms with Crippen LogP contribution in [0.4, 0.5) is 0 Å². The maximum absolute atomic E-state index is 5.91. The zero-order valence-electron chi connectivity index (χ0n) is 11.1. The minimum Gasteiger partial charge on any atom is -0.455 e. The Hall–Kier alpha value is -1.39. The SMILES string of the molecule is CCNCc1cc(C)ccc1Oc1cncc(Br)c1. The van der Waals surface area contributed by atoms with Crippen LogP contribution in [-0.4, -0.2) is 11.5 Å². The molecular formula is C15H17BrN2O. The van der Waals surface area contributed by atoms with Crippen molar-refractivity contribution < 1.29 is 4.74 Å². The molecule has 1 aromatic heterocycles. The van der Waals surface area contributed by atoms with Gasteiger partial charge >= 0.3 is 0 Å². The van der Waals surface area contributed by atoms with Gasteiger partial charge in [-0.1, -0.05) is 24.6 Å². The summed E-state index contributed by atoms with van der Waals surface area (Å²) in [5.41, 5.74) is 2.38. The number of ether oxygens (including phenoxy) is 1. The molecule has 0 fully saturated rings. The zero-order valence-corrected chi connectivity index (χ0v) is 12.7. The zero-order chi connectivity index (χ0) is 13.7. The molecule has 0 aliphatic rings. The van der Waals surface area contributed by atoms with Crippen molar-refractivity contribution in [2.75, 3.05) is 6.54 Å². The second kappa shape index (κ2) is 6.68. The van der Waals surface area contributed by atoms with Gasteiger partial charge in [-0.2, -0.15) is 0 Å². The lowest BCUT2D eigenvalue weighted by atomic mass is 10.1. The summed E-state index contributed by atoms with van der Waals surface area (Å²) < 4.78 is 6.82. The highest BCUT2D eigenvalue weighted by Gasteiger charge is 2.06. The predicted octanol–water partition coefficient (Wildman–Crippen LogP) is 4.05. The van der Waals surface area contributed by atoms with E-state index in [1.807, 2.05) is 12.1 Å². The van der Waals surface area contributed by atoms with Crippen LogP contribution >= 0.6 is 15.9 Å². The molecule has 1 N–H and O–H groups in total. The van der Waals surface area contributed by atoms with Crippen LogP contribution in [0.3, 0.4) is 0 Å². The quantitative estimate of drug-likeness (QED) is 0.902. The number of nitrogens with zero attached hydrogens (tertiary/aromatic N) is 1. The molecule has 0 spiro atoms. The first-order chi connectivity index (χ1) is 9.19. The Morgan fingerprint density at radius 1 is 1.26 bits per heavy atom. The van der Waals surface area contributed by atoms with Crippen molar-refractivity contribution in [1.29, 1.82) is 0 Å². The molecule has 0 amide bonds. The minimum atomic E-state index is 0.732. The lowest BCUT2D eigenvalue weighted by molar-refractivity contribution is 0.470. The predicted molar refractivity (Wildman–Crippen MR) is 80.6 cm³/mol. The van der Waals surface area contributed by atoms with Crippen molar-refractivity contribution in [2.45, 2.75) is 20.4 Å². The molecule has 3 nitrogen and oxygen atoms in total. The number of hydrogen-bond donors (Lipinski definition) is 1. The van der Waals surface area contributed by atoms with Gasteiger partial charge in [-0.05, 0) is 41.5 Å². The van der Waals surface area contributed by atoms with E-state index in [-0.39, 0.29) is 0 Å². The van der Waals surface area contributed by atoms with Gasteiger partial charge in [0, 0.05) is 22.8 Å². The molecule has 0 bridgehead atoms. The molecule has 0 atom stereocenters. The van der Waals surface area contributed by atoms with Crippen LogP contribution in [0.5, 0.6) is 11.5 Å². The molecule has 2 aromatic rings. The van der Waals surface area contributed by atoms with E-state index in [0.717, 1.165) is 34.6 Å². The van der Waals surface area contributed by atoms with Gasteiger partial charge < -0.3 is 10.1 Å². The summed E-state index contributed by atoms with van der Waals surface area (Å²) in [6.07, 6.45) is 3.45. The maximum atomic E-state index is 5.91. The Bertz CT molecular complexity index is 558. The fraction of sp³-hybridized carbons (Fsp3) is 0.267. The standard InChI is InChI=1S/C15H17BrN2O/c1-3-17-8-12-6-11(2)4-5-15(12)19-14-7-13(16)9-18-10-14/h4-7,9-10,17H,3,8H2,1-2H3. The van der Waals surface area contributed by atoms with Crippen LogP contribution in [0.1, 0.15) is 18.1 Å². The second-order valence-corrected chi connectivity index (χ2v) is 5.25. The number of rotatable bonds is 5. The summed E-state index contributed by atoms with van der Waals surface area (Å²) in [5, 5.41) is 3.32. The largest absolute Gasteiger partial charge is 0.455 e. The number of benzene rings is 1. The Morgan fingerprint density at radius 2 is 2.11 bits per heavy atom. The molecule has 1 heterocycles. The highest BCUT2D eigenvalue weighted by atomic mass is 79.9. The number of aromatic nitrogens is 1. The van der Waals surface area contributed by atoms with E-state index in [1.54, 1.807) is 12.4 Å². The van der Waals surface area contributed by atoms with Crippen LogP contribution in [0.15, 0.2) is 41.1 Å². The Kier molecular flexibility index (Phi) is 4.93. The molecule has 0 aliphatic heterocycles. The van der Waals surface area contributed by atoms with E-state index in [2.05, 4.69) is 52.2 Å². The number of halogens is 1. The number of nitrogens with one attached hydrogen (secondary N) is 1. The topological polar surface area (TPSA) is 34.1 Å². The fourth-order valence-electron chi connectivity index (χ4n) is 1.78. The number of hydrogen-bond acceptors (Lipinski definition) is 3. The lowest BCUT2D eigenvalue weighted by Gasteiger charge is -2.12. The first-order valence-electron chi connectivity index (χ1n) is 6.27. The van der Waals surface area contributed by atoms with Gasteiger partial charge in [-0.3, -0.25) is 4.98 Å². The van der Waals surface area contributed by atoms with Crippen molar-refractivity contribution in [3.63, 3.8) is 0 Å². The van der Waals surface area contributed by atoms with Crippen molar-refractivity contribution in [3.05, 3.63) is 52.3 Å². The molecule has 19 heavy (non-hydrogen) atoms. The smallest absolute Gasteiger partial charge is 0.146 e. The highest BCUT2D eigenvalue weighted by molar-refractivity contribution is 9.10. The third-order valence-corrected chi connectivity index (χ3v) is 3.12. The van der Waals surface area contributed by atoms with Crippen molar-refractivity contribution in [1.82, 2.24) is 10.3 Å². The monoisotopic (exact) mass is 320 g/mol. The average molecular weight is 321 g/mol. The van der Waals surface area contributed by atoms with E-state index >= 15 is 0 Å². The van der Waals surface area contributed by atoms with Crippen LogP contribution in [-0.2, 0) is 6.54 Å². The van der Waals surface area contributed by atoms with E-state index in [4.69, 9.17) is 4.74 Å². The first kappa shape index (κ1) is 14.0. The van der Waals surface area contributed by atoms with Crippen LogP contribution in [0.2, 0.25) is 0 Å². The summed E-state index contributed by atoms with van der Waals surface area (Å²) >= 11 is 3.39. The van der Waals surface area contributed by atoms with Gasteiger partial charge in [0.2, 0.25) is 0 Å².